The number of nitrogens with zero attached hydrogens (tertiary/aromatic N) is 2. The maximum atomic E-state index is 12.8. The van der Waals surface area contributed by atoms with Gasteiger partial charge in [0.2, 0.25) is 0 Å². The summed E-state index contributed by atoms with van der Waals surface area (Å²) < 4.78 is 5.35. The van der Waals surface area contributed by atoms with Crippen LogP contribution >= 0.6 is 11.8 Å². The third-order valence-electron chi connectivity index (χ3n) is 3.69. The molecule has 10 heteroatoms. The number of pyridine rings is 2. The number of hydrogen-bond donors (Lipinski definition) is 5. The van der Waals surface area contributed by atoms with E-state index in [1.54, 1.807) is 19.2 Å². The van der Waals surface area contributed by atoms with E-state index >= 15 is 0 Å². The number of carbonyl (C=O) groups excluding carboxylic acids is 1. The van der Waals surface area contributed by atoms with Crippen molar-refractivity contribution in [1.29, 1.82) is 16.2 Å². The van der Waals surface area contributed by atoms with Gasteiger partial charge in [0.15, 0.2) is 5.17 Å². The van der Waals surface area contributed by atoms with Crippen LogP contribution in [0.25, 0.3) is 11.1 Å². The third kappa shape index (κ3) is 6.80. The number of methoxy groups -OCH3 is 1. The van der Waals surface area contributed by atoms with Crippen molar-refractivity contribution in [2.24, 2.45) is 5.73 Å². The molecule has 0 bridgehead atoms. The smallest absolute Gasteiger partial charge is 0.257 e. The van der Waals surface area contributed by atoms with Gasteiger partial charge >= 0.3 is 0 Å². The van der Waals surface area contributed by atoms with Crippen LogP contribution in [-0.2, 0) is 0 Å². The van der Waals surface area contributed by atoms with Crippen molar-refractivity contribution in [2.45, 2.75) is 13.8 Å². The SMILES string of the molecule is COc1cnc(C)cc1-c1cnccc1C(=O)NC(=N)SC(=N)C#CC(=N)/C=C(/C)N. The maximum Gasteiger partial charge on any atom is 0.257 e. The summed E-state index contributed by atoms with van der Waals surface area (Å²) in [5.41, 5.74) is 8.03. The van der Waals surface area contributed by atoms with Crippen LogP contribution in [0.4, 0.5) is 0 Å². The van der Waals surface area contributed by atoms with E-state index in [0.29, 0.717) is 34.3 Å². The fraction of sp³-hybridized carbons (Fsp3) is 0.143. The molecule has 0 aliphatic rings. The molecule has 158 valence electrons. The number of nitrogens with one attached hydrogen (secondary N) is 4. The van der Waals surface area contributed by atoms with Crippen LogP contribution in [0.15, 0.2) is 42.5 Å². The number of aryl methyl sites for hydroxylation is 1. The van der Waals surface area contributed by atoms with E-state index in [1.807, 2.05) is 6.92 Å². The zero-order valence-corrected chi connectivity index (χ0v) is 18.0. The predicted molar refractivity (Wildman–Crippen MR) is 123 cm³/mol. The van der Waals surface area contributed by atoms with Crippen LogP contribution in [0.2, 0.25) is 0 Å². The van der Waals surface area contributed by atoms with E-state index in [4.69, 9.17) is 26.7 Å². The Morgan fingerprint density at radius 2 is 2.00 bits per heavy atom. The Morgan fingerprint density at radius 3 is 2.68 bits per heavy atom. The minimum Gasteiger partial charge on any atom is -0.494 e. The second-order valence-electron chi connectivity index (χ2n) is 6.21. The Morgan fingerprint density at radius 1 is 1.26 bits per heavy atom. The van der Waals surface area contributed by atoms with Crippen LogP contribution in [0.1, 0.15) is 23.0 Å². The highest BCUT2D eigenvalue weighted by molar-refractivity contribution is 8.26. The summed E-state index contributed by atoms with van der Waals surface area (Å²) in [7, 11) is 1.51. The molecule has 1 amide bonds. The Kier molecular flexibility index (Phi) is 8.05. The second kappa shape index (κ2) is 10.7. The molecule has 0 aliphatic heterocycles. The standard InChI is InChI=1S/C21H21N7O2S/c1-12(22)8-14(23)4-5-19(24)31-21(25)28-20(29)15-6-7-26-10-17(15)16-9-13(2)27-11-18(16)30-3/h6-11,23-24H,22H2,1-3H3,(H2,25,28,29)/b12-8-,23-14?,24-19?. The molecular formula is C21H21N7O2S. The molecule has 2 heterocycles. The fourth-order valence-electron chi connectivity index (χ4n) is 2.44. The van der Waals surface area contributed by atoms with Crippen LogP contribution < -0.4 is 15.8 Å². The molecule has 0 atom stereocenters. The van der Waals surface area contributed by atoms with E-state index in [-0.39, 0.29) is 21.5 Å². The number of nitrogens with two attached hydrogens (primary N) is 1. The molecule has 0 unspecified atom stereocenters. The molecule has 2 aromatic rings. The Bertz CT molecular complexity index is 1140. The Hall–Kier alpha value is -3.97. The number of ether oxygens (including phenoxy) is 1. The van der Waals surface area contributed by atoms with Gasteiger partial charge in [0.05, 0.1) is 18.9 Å². The van der Waals surface area contributed by atoms with Gasteiger partial charge < -0.3 is 15.8 Å². The quantitative estimate of drug-likeness (QED) is 0.282. The normalized spacial score (nSPS) is 10.5. The monoisotopic (exact) mass is 435 g/mol. The lowest BCUT2D eigenvalue weighted by atomic mass is 10.0. The molecule has 31 heavy (non-hydrogen) atoms. The molecule has 2 rings (SSSR count). The molecule has 0 spiro atoms. The minimum atomic E-state index is -0.540. The van der Waals surface area contributed by atoms with Crippen LogP contribution in [-0.4, -0.2) is 38.9 Å². The molecule has 0 saturated heterocycles. The number of hydrogen-bond acceptors (Lipinski definition) is 9. The number of allylic oxidation sites excluding steroid dienone is 2. The maximum absolute atomic E-state index is 12.8. The first kappa shape index (κ1) is 23.3. The lowest BCUT2D eigenvalue weighted by Gasteiger charge is -2.13. The van der Waals surface area contributed by atoms with Crippen molar-refractivity contribution >= 4 is 33.6 Å². The Balaban J connectivity index is 2.17. The highest BCUT2D eigenvalue weighted by atomic mass is 32.2. The van der Waals surface area contributed by atoms with Crippen LogP contribution in [0, 0.1) is 35.0 Å². The molecule has 6 N–H and O–H groups in total. The number of thioether (sulfide) groups is 1. The van der Waals surface area contributed by atoms with Gasteiger partial charge in [0.25, 0.3) is 5.91 Å². The lowest BCUT2D eigenvalue weighted by molar-refractivity contribution is 0.0978. The summed E-state index contributed by atoms with van der Waals surface area (Å²) in [5.74, 6) is 4.83. The van der Waals surface area contributed by atoms with Gasteiger partial charge in [-0.3, -0.25) is 31.0 Å². The molecule has 9 nitrogen and oxygen atoms in total. The molecule has 0 aliphatic carbocycles. The first-order chi connectivity index (χ1) is 14.7. The average molecular weight is 436 g/mol. The van der Waals surface area contributed by atoms with Crippen molar-refractivity contribution < 1.29 is 9.53 Å². The van der Waals surface area contributed by atoms with E-state index < -0.39 is 5.91 Å². The average Bonchev–Trinajstić information content (AvgIpc) is 2.71. The summed E-state index contributed by atoms with van der Waals surface area (Å²) in [6.45, 7) is 3.44. The summed E-state index contributed by atoms with van der Waals surface area (Å²) in [4.78, 5) is 21.1. The van der Waals surface area contributed by atoms with Crippen molar-refractivity contribution in [2.75, 3.05) is 7.11 Å². The number of rotatable bonds is 4. The van der Waals surface area contributed by atoms with Gasteiger partial charge in [-0.05, 0) is 55.7 Å². The lowest BCUT2D eigenvalue weighted by Crippen LogP contribution is -2.28. The molecule has 0 aromatic carbocycles. The predicted octanol–water partition coefficient (Wildman–Crippen LogP) is 2.72. The minimum absolute atomic E-state index is 0.0519. The number of amidine groups is 1. The van der Waals surface area contributed by atoms with Crippen molar-refractivity contribution in [3.05, 3.63) is 53.8 Å². The van der Waals surface area contributed by atoms with Crippen molar-refractivity contribution in [3.63, 3.8) is 0 Å². The van der Waals surface area contributed by atoms with E-state index in [9.17, 15) is 4.79 Å². The van der Waals surface area contributed by atoms with Gasteiger partial charge in [-0.25, -0.2) is 0 Å². The molecular weight excluding hydrogens is 414 g/mol. The van der Waals surface area contributed by atoms with Crippen molar-refractivity contribution in [3.8, 4) is 28.7 Å². The fourth-order valence-corrected chi connectivity index (χ4v) is 2.89. The van der Waals surface area contributed by atoms with Gasteiger partial charge in [0.1, 0.15) is 16.5 Å². The van der Waals surface area contributed by atoms with E-state index in [1.165, 1.54) is 31.6 Å². The van der Waals surface area contributed by atoms with E-state index in [2.05, 4.69) is 27.1 Å². The number of amides is 1. The zero-order valence-electron chi connectivity index (χ0n) is 17.2. The number of carbonyl (C=O) groups is 1. The number of aromatic nitrogens is 2. The van der Waals surface area contributed by atoms with Gasteiger partial charge in [0, 0.05) is 34.9 Å². The van der Waals surface area contributed by atoms with Gasteiger partial charge in [-0.15, -0.1) is 0 Å². The van der Waals surface area contributed by atoms with Gasteiger partial charge in [-0.2, -0.15) is 0 Å². The highest BCUT2D eigenvalue weighted by Gasteiger charge is 2.18. The summed E-state index contributed by atoms with van der Waals surface area (Å²) >= 11 is 0.657. The van der Waals surface area contributed by atoms with Crippen molar-refractivity contribution in [1.82, 2.24) is 15.3 Å². The molecule has 0 fully saturated rings. The Labute approximate surface area is 184 Å². The second-order valence-corrected chi connectivity index (χ2v) is 7.23. The molecule has 2 aromatic heterocycles. The molecule has 0 radical (unpaired) electrons. The largest absolute Gasteiger partial charge is 0.494 e. The highest BCUT2D eigenvalue weighted by Crippen LogP contribution is 2.31. The van der Waals surface area contributed by atoms with Gasteiger partial charge in [-0.1, -0.05) is 0 Å². The first-order valence-electron chi connectivity index (χ1n) is 8.87. The third-order valence-corrected chi connectivity index (χ3v) is 4.31. The summed E-state index contributed by atoms with van der Waals surface area (Å²) in [6, 6.07) is 3.32. The zero-order chi connectivity index (χ0) is 23.0. The summed E-state index contributed by atoms with van der Waals surface area (Å²) in [6.07, 6.45) is 5.94. The van der Waals surface area contributed by atoms with E-state index in [0.717, 1.165) is 5.69 Å². The topological polar surface area (TPSA) is 162 Å². The molecule has 0 saturated carbocycles. The summed E-state index contributed by atoms with van der Waals surface area (Å²) in [5, 5.41) is 25.3. The van der Waals surface area contributed by atoms with Crippen LogP contribution in [0.5, 0.6) is 5.75 Å². The van der Waals surface area contributed by atoms with Crippen LogP contribution in [0.3, 0.4) is 0 Å². The first-order valence-corrected chi connectivity index (χ1v) is 9.68.